The van der Waals surface area contributed by atoms with Gasteiger partial charge in [-0.2, -0.15) is 0 Å². The van der Waals surface area contributed by atoms with Gasteiger partial charge in [0.1, 0.15) is 8.07 Å². The van der Waals surface area contributed by atoms with Crippen molar-refractivity contribution in [3.63, 3.8) is 0 Å². The molecule has 0 aliphatic heterocycles. The molecule has 2 aromatic heterocycles. The Morgan fingerprint density at radius 2 is 1.78 bits per heavy atom. The Morgan fingerprint density at radius 1 is 0.889 bits per heavy atom. The van der Waals surface area contributed by atoms with Crippen molar-refractivity contribution >= 4 is 29.6 Å². The summed E-state index contributed by atoms with van der Waals surface area (Å²) in [5.74, 6) is 3.35. The van der Waals surface area contributed by atoms with Gasteiger partial charge in [0, 0.05) is 22.9 Å². The van der Waals surface area contributed by atoms with Crippen LogP contribution in [0.25, 0.3) is 32.6 Å². The largest absolute Gasteiger partial charge is 0.256 e. The highest BCUT2D eigenvalue weighted by molar-refractivity contribution is 7.16. The highest BCUT2D eigenvalue weighted by Gasteiger charge is 2.11. The number of pyridine rings is 1. The van der Waals surface area contributed by atoms with Crippen LogP contribution in [0.5, 0.6) is 0 Å². The summed E-state index contributed by atoms with van der Waals surface area (Å²) in [5, 5.41) is 0. The molecule has 4 aromatic rings. The third kappa shape index (κ3) is 4.00. The number of hydrogen-bond acceptors (Lipinski definition) is 3. The third-order valence-electron chi connectivity index (χ3n) is 4.17. The Kier molecular flexibility index (Phi) is 4.65. The molecule has 0 atom stereocenters. The molecule has 2 aromatic carbocycles. The lowest BCUT2D eigenvalue weighted by atomic mass is 9.98. The Bertz CT molecular complexity index is 1180. The molecule has 0 amide bonds. The fourth-order valence-electron chi connectivity index (χ4n) is 2.89. The minimum atomic E-state index is -1.40. The zero-order chi connectivity index (χ0) is 18.9. The molecule has 4 heteroatoms. The summed E-state index contributed by atoms with van der Waals surface area (Å²) in [6.45, 7) is 6.78. The Hall–Kier alpha value is -2.74. The van der Waals surface area contributed by atoms with Gasteiger partial charge in [0.15, 0.2) is 0 Å². The van der Waals surface area contributed by atoms with E-state index in [4.69, 9.17) is 4.98 Å². The van der Waals surface area contributed by atoms with E-state index in [0.29, 0.717) is 0 Å². The van der Waals surface area contributed by atoms with Crippen LogP contribution in [0.15, 0.2) is 66.3 Å². The molecule has 0 unspecified atom stereocenters. The van der Waals surface area contributed by atoms with Crippen LogP contribution < -0.4 is 0 Å². The second-order valence-electron chi connectivity index (χ2n) is 7.52. The monoisotopic (exact) mass is 384 g/mol. The number of nitrogens with zero attached hydrogens (tertiary/aromatic N) is 2. The maximum absolute atomic E-state index is 4.69. The predicted octanol–water partition coefficient (Wildman–Crippen LogP) is 6.25. The fourth-order valence-corrected chi connectivity index (χ4v) is 4.13. The SMILES string of the molecule is C[Si](C)(C)C#Cc1cccc(-c2ncccc2-c2ccc3ncsc3c2)c1. The third-order valence-corrected chi connectivity index (χ3v) is 5.83. The number of rotatable bonds is 2. The van der Waals surface area contributed by atoms with Crippen LogP contribution in [-0.4, -0.2) is 18.0 Å². The van der Waals surface area contributed by atoms with E-state index in [1.807, 2.05) is 17.8 Å². The normalized spacial score (nSPS) is 11.2. The number of fused-ring (bicyclic) bond motifs is 1. The zero-order valence-electron chi connectivity index (χ0n) is 15.7. The Morgan fingerprint density at radius 3 is 2.63 bits per heavy atom. The molecule has 0 radical (unpaired) electrons. The first-order chi connectivity index (χ1) is 13.0. The van der Waals surface area contributed by atoms with Crippen molar-refractivity contribution in [2.75, 3.05) is 0 Å². The van der Waals surface area contributed by atoms with Crippen LogP contribution in [-0.2, 0) is 0 Å². The lowest BCUT2D eigenvalue weighted by Crippen LogP contribution is -2.16. The zero-order valence-corrected chi connectivity index (χ0v) is 17.5. The van der Waals surface area contributed by atoms with Crippen LogP contribution in [0.4, 0.5) is 0 Å². The molecule has 0 aliphatic carbocycles. The van der Waals surface area contributed by atoms with E-state index < -0.39 is 8.07 Å². The number of hydrogen-bond donors (Lipinski definition) is 0. The van der Waals surface area contributed by atoms with Gasteiger partial charge in [-0.1, -0.05) is 49.8 Å². The second kappa shape index (κ2) is 7.11. The summed E-state index contributed by atoms with van der Waals surface area (Å²) in [4.78, 5) is 9.07. The molecule has 4 rings (SSSR count). The molecule has 2 nitrogen and oxygen atoms in total. The first kappa shape index (κ1) is 17.7. The van der Waals surface area contributed by atoms with E-state index in [9.17, 15) is 0 Å². The Balaban J connectivity index is 1.80. The summed E-state index contributed by atoms with van der Waals surface area (Å²) < 4.78 is 1.19. The van der Waals surface area contributed by atoms with Gasteiger partial charge in [-0.15, -0.1) is 16.9 Å². The smallest absolute Gasteiger partial charge is 0.129 e. The van der Waals surface area contributed by atoms with E-state index >= 15 is 0 Å². The lowest BCUT2D eigenvalue weighted by molar-refractivity contribution is 1.32. The van der Waals surface area contributed by atoms with Gasteiger partial charge in [0.25, 0.3) is 0 Å². The van der Waals surface area contributed by atoms with Crippen LogP contribution in [0.2, 0.25) is 19.6 Å². The highest BCUT2D eigenvalue weighted by Crippen LogP contribution is 2.33. The van der Waals surface area contributed by atoms with Gasteiger partial charge in [0.2, 0.25) is 0 Å². The molecular formula is C23H20N2SSi. The van der Waals surface area contributed by atoms with Gasteiger partial charge < -0.3 is 0 Å². The van der Waals surface area contributed by atoms with Crippen LogP contribution in [0.1, 0.15) is 5.56 Å². The van der Waals surface area contributed by atoms with Crippen LogP contribution >= 0.6 is 11.3 Å². The standard InChI is InChI=1S/C23H20N2SSi/c1-27(2,3)13-11-17-6-4-7-19(14-17)23-20(8-5-12-24-23)18-9-10-21-22(15-18)26-16-25-21/h4-10,12,14-16H,1-3H3. The van der Waals surface area contributed by atoms with Crippen molar-refractivity contribution in [2.45, 2.75) is 19.6 Å². The van der Waals surface area contributed by atoms with Crippen LogP contribution in [0.3, 0.4) is 0 Å². The maximum Gasteiger partial charge on any atom is 0.129 e. The maximum atomic E-state index is 4.69. The topological polar surface area (TPSA) is 25.8 Å². The van der Waals surface area contributed by atoms with Gasteiger partial charge in [-0.05, 0) is 35.9 Å². The summed E-state index contributed by atoms with van der Waals surface area (Å²) in [5.41, 5.74) is 11.8. The molecule has 132 valence electrons. The molecule has 0 spiro atoms. The van der Waals surface area contributed by atoms with Crippen LogP contribution in [0, 0.1) is 11.5 Å². The minimum absolute atomic E-state index is 0.984. The van der Waals surface area contributed by atoms with E-state index in [0.717, 1.165) is 33.5 Å². The molecule has 2 heterocycles. The van der Waals surface area contributed by atoms with Crippen molar-refractivity contribution in [1.29, 1.82) is 0 Å². The lowest BCUT2D eigenvalue weighted by Gasteiger charge is -2.10. The van der Waals surface area contributed by atoms with Crippen molar-refractivity contribution < 1.29 is 0 Å². The van der Waals surface area contributed by atoms with Gasteiger partial charge in [-0.3, -0.25) is 4.98 Å². The molecule has 0 saturated carbocycles. The number of aromatic nitrogens is 2. The van der Waals surface area contributed by atoms with Gasteiger partial charge in [0.05, 0.1) is 21.4 Å². The highest BCUT2D eigenvalue weighted by atomic mass is 32.1. The second-order valence-corrected chi connectivity index (χ2v) is 13.2. The molecule has 0 fully saturated rings. The minimum Gasteiger partial charge on any atom is -0.256 e. The predicted molar refractivity (Wildman–Crippen MR) is 119 cm³/mol. The average molecular weight is 385 g/mol. The molecular weight excluding hydrogens is 364 g/mol. The van der Waals surface area contributed by atoms with Crippen molar-refractivity contribution in [2.24, 2.45) is 0 Å². The van der Waals surface area contributed by atoms with Crippen molar-refractivity contribution in [3.05, 3.63) is 71.9 Å². The molecule has 0 N–H and O–H groups in total. The van der Waals surface area contributed by atoms with E-state index in [1.165, 1.54) is 4.70 Å². The van der Waals surface area contributed by atoms with Crippen molar-refractivity contribution in [3.8, 4) is 33.8 Å². The summed E-state index contributed by atoms with van der Waals surface area (Å²) in [6.07, 6.45) is 1.85. The van der Waals surface area contributed by atoms with E-state index in [1.54, 1.807) is 11.3 Å². The number of thiazole rings is 1. The Labute approximate surface area is 165 Å². The quantitative estimate of drug-likeness (QED) is 0.301. The van der Waals surface area contributed by atoms with Crippen molar-refractivity contribution in [1.82, 2.24) is 9.97 Å². The first-order valence-electron chi connectivity index (χ1n) is 8.92. The van der Waals surface area contributed by atoms with E-state index in [2.05, 4.69) is 84.6 Å². The number of benzene rings is 2. The molecule has 0 saturated heterocycles. The summed E-state index contributed by atoms with van der Waals surface area (Å²) in [7, 11) is -1.40. The van der Waals surface area contributed by atoms with E-state index in [-0.39, 0.29) is 0 Å². The first-order valence-corrected chi connectivity index (χ1v) is 13.3. The molecule has 0 aliphatic rings. The van der Waals surface area contributed by atoms with Gasteiger partial charge >= 0.3 is 0 Å². The molecule has 0 bridgehead atoms. The molecule has 27 heavy (non-hydrogen) atoms. The summed E-state index contributed by atoms with van der Waals surface area (Å²) >= 11 is 1.66. The summed E-state index contributed by atoms with van der Waals surface area (Å²) in [6, 6.07) is 18.9. The van der Waals surface area contributed by atoms with Gasteiger partial charge in [-0.25, -0.2) is 4.98 Å². The average Bonchev–Trinajstić information content (AvgIpc) is 3.14. The fraction of sp³-hybridized carbons (Fsp3) is 0.130.